The van der Waals surface area contributed by atoms with Crippen LogP contribution >= 0.6 is 0 Å². The summed E-state index contributed by atoms with van der Waals surface area (Å²) in [5.74, 6) is 1.49. The highest BCUT2D eigenvalue weighted by Gasteiger charge is 2.14. The second kappa shape index (κ2) is 6.71. The highest BCUT2D eigenvalue weighted by Crippen LogP contribution is 2.30. The molecule has 0 spiro atoms. The molecule has 1 aromatic carbocycles. The molecule has 0 amide bonds. The Hall–Kier alpha value is -2.35. The largest absolute Gasteiger partial charge is 0.440 e. The summed E-state index contributed by atoms with van der Waals surface area (Å²) in [4.78, 5) is 4.54. The lowest BCUT2D eigenvalue weighted by atomic mass is 10.1. The van der Waals surface area contributed by atoms with Crippen LogP contribution in [0.5, 0.6) is 0 Å². The van der Waals surface area contributed by atoms with Crippen molar-refractivity contribution in [1.82, 2.24) is 4.98 Å². The number of rotatable bonds is 4. The second-order valence-electron chi connectivity index (χ2n) is 4.42. The summed E-state index contributed by atoms with van der Waals surface area (Å²) in [7, 11) is 0. The summed E-state index contributed by atoms with van der Waals surface area (Å²) in [5, 5.41) is 0. The van der Waals surface area contributed by atoms with Gasteiger partial charge < -0.3 is 4.42 Å². The van der Waals surface area contributed by atoms with Crippen molar-refractivity contribution in [3.05, 3.63) is 72.3 Å². The summed E-state index contributed by atoms with van der Waals surface area (Å²) >= 11 is 0. The van der Waals surface area contributed by atoms with Crippen molar-refractivity contribution in [2.75, 3.05) is 0 Å². The van der Waals surface area contributed by atoms with Gasteiger partial charge in [-0.25, -0.2) is 4.98 Å². The maximum atomic E-state index is 5.80. The van der Waals surface area contributed by atoms with Gasteiger partial charge in [0.25, 0.3) is 0 Å². The van der Waals surface area contributed by atoms with Crippen molar-refractivity contribution in [1.29, 1.82) is 0 Å². The minimum absolute atomic E-state index is 0.676. The van der Waals surface area contributed by atoms with E-state index in [0.717, 1.165) is 22.6 Å². The standard InChI is InChI=1S/C18H19NO/c1-4-6-11-15(10-5-2)17-18(20-14(3)19-17)16-12-8-7-9-13-16/h4-13H,1-3H3/b6-4-,10-5-,15-11+. The van der Waals surface area contributed by atoms with E-state index in [1.54, 1.807) is 0 Å². The molecule has 0 fully saturated rings. The highest BCUT2D eigenvalue weighted by atomic mass is 16.4. The van der Waals surface area contributed by atoms with E-state index < -0.39 is 0 Å². The van der Waals surface area contributed by atoms with E-state index in [1.807, 2.05) is 81.5 Å². The average Bonchev–Trinajstić information content (AvgIpc) is 2.86. The fourth-order valence-corrected chi connectivity index (χ4v) is 2.00. The van der Waals surface area contributed by atoms with Gasteiger partial charge in [0.2, 0.25) is 0 Å². The summed E-state index contributed by atoms with van der Waals surface area (Å²) in [6, 6.07) is 10.1. The van der Waals surface area contributed by atoms with Gasteiger partial charge in [0, 0.05) is 18.1 Å². The molecular weight excluding hydrogens is 246 g/mol. The van der Waals surface area contributed by atoms with Crippen molar-refractivity contribution in [3.63, 3.8) is 0 Å². The fourth-order valence-electron chi connectivity index (χ4n) is 2.00. The Balaban J connectivity index is 2.56. The minimum atomic E-state index is 0.676. The van der Waals surface area contributed by atoms with Crippen molar-refractivity contribution in [2.24, 2.45) is 0 Å². The number of hydrogen-bond acceptors (Lipinski definition) is 2. The predicted molar refractivity (Wildman–Crippen MR) is 84.3 cm³/mol. The van der Waals surface area contributed by atoms with Gasteiger partial charge in [-0.15, -0.1) is 0 Å². The predicted octanol–water partition coefficient (Wildman–Crippen LogP) is 5.19. The molecule has 2 heteroatoms. The number of aromatic nitrogens is 1. The molecule has 0 aliphatic heterocycles. The van der Waals surface area contributed by atoms with Crippen LogP contribution in [-0.4, -0.2) is 4.98 Å². The molecule has 0 saturated carbocycles. The Kier molecular flexibility index (Phi) is 4.72. The molecule has 2 rings (SSSR count). The van der Waals surface area contributed by atoms with E-state index in [0.29, 0.717) is 5.89 Å². The minimum Gasteiger partial charge on any atom is -0.440 e. The molecule has 0 bridgehead atoms. The Morgan fingerprint density at radius 1 is 1.10 bits per heavy atom. The molecule has 1 heterocycles. The first kappa shape index (κ1) is 14.1. The fraction of sp³-hybridized carbons (Fsp3) is 0.167. The van der Waals surface area contributed by atoms with Crippen LogP contribution in [0.15, 0.2) is 65.1 Å². The van der Waals surface area contributed by atoms with Crippen LogP contribution in [0.4, 0.5) is 0 Å². The summed E-state index contributed by atoms with van der Waals surface area (Å²) < 4.78 is 5.80. The van der Waals surface area contributed by atoms with Crippen LogP contribution < -0.4 is 0 Å². The van der Waals surface area contributed by atoms with Crippen molar-refractivity contribution in [3.8, 4) is 11.3 Å². The van der Waals surface area contributed by atoms with Crippen LogP contribution in [0, 0.1) is 6.92 Å². The van der Waals surface area contributed by atoms with Crippen LogP contribution in [0.25, 0.3) is 16.9 Å². The van der Waals surface area contributed by atoms with Gasteiger partial charge in [-0.05, 0) is 13.8 Å². The molecule has 0 N–H and O–H groups in total. The molecule has 0 unspecified atom stereocenters. The van der Waals surface area contributed by atoms with Crippen LogP contribution in [0.2, 0.25) is 0 Å². The maximum absolute atomic E-state index is 5.80. The molecular formula is C18H19NO. The molecule has 2 nitrogen and oxygen atoms in total. The Morgan fingerprint density at radius 2 is 1.85 bits per heavy atom. The molecule has 0 saturated heterocycles. The molecule has 102 valence electrons. The van der Waals surface area contributed by atoms with Gasteiger partial charge in [0.05, 0.1) is 0 Å². The summed E-state index contributed by atoms with van der Waals surface area (Å²) in [6.07, 6.45) is 10.1. The first-order valence-electron chi connectivity index (χ1n) is 6.75. The highest BCUT2D eigenvalue weighted by molar-refractivity contribution is 5.81. The SMILES string of the molecule is C\C=C/C=C(\C=C/C)c1nc(C)oc1-c1ccccc1. The lowest BCUT2D eigenvalue weighted by Gasteiger charge is -2.01. The third kappa shape index (κ3) is 3.15. The molecule has 0 aliphatic carbocycles. The molecule has 20 heavy (non-hydrogen) atoms. The zero-order valence-corrected chi connectivity index (χ0v) is 12.1. The molecule has 0 radical (unpaired) electrons. The zero-order valence-electron chi connectivity index (χ0n) is 12.1. The lowest BCUT2D eigenvalue weighted by molar-refractivity contribution is 0.534. The van der Waals surface area contributed by atoms with Gasteiger partial charge in [0.1, 0.15) is 5.69 Å². The normalized spacial score (nSPS) is 12.7. The van der Waals surface area contributed by atoms with Crippen molar-refractivity contribution < 1.29 is 4.42 Å². The number of allylic oxidation sites excluding steroid dienone is 6. The molecule has 1 aromatic heterocycles. The average molecular weight is 265 g/mol. The zero-order chi connectivity index (χ0) is 14.4. The monoisotopic (exact) mass is 265 g/mol. The van der Waals surface area contributed by atoms with Gasteiger partial charge >= 0.3 is 0 Å². The first-order valence-corrected chi connectivity index (χ1v) is 6.75. The van der Waals surface area contributed by atoms with Gasteiger partial charge in [-0.2, -0.15) is 0 Å². The molecule has 0 aliphatic rings. The Morgan fingerprint density at radius 3 is 2.50 bits per heavy atom. The van der Waals surface area contributed by atoms with E-state index in [-0.39, 0.29) is 0 Å². The van der Waals surface area contributed by atoms with Crippen LogP contribution in [-0.2, 0) is 0 Å². The van der Waals surface area contributed by atoms with Crippen LogP contribution in [0.1, 0.15) is 25.4 Å². The maximum Gasteiger partial charge on any atom is 0.192 e. The molecule has 2 aromatic rings. The second-order valence-corrected chi connectivity index (χ2v) is 4.42. The van der Waals surface area contributed by atoms with E-state index >= 15 is 0 Å². The lowest BCUT2D eigenvalue weighted by Crippen LogP contribution is -1.86. The van der Waals surface area contributed by atoms with Gasteiger partial charge in [-0.1, -0.05) is 60.7 Å². The third-order valence-corrected chi connectivity index (χ3v) is 2.86. The Labute approximate surface area is 120 Å². The van der Waals surface area contributed by atoms with Gasteiger partial charge in [-0.3, -0.25) is 0 Å². The van der Waals surface area contributed by atoms with E-state index in [4.69, 9.17) is 4.42 Å². The topological polar surface area (TPSA) is 26.0 Å². The van der Waals surface area contributed by atoms with Gasteiger partial charge in [0.15, 0.2) is 11.7 Å². The van der Waals surface area contributed by atoms with Crippen molar-refractivity contribution >= 4 is 5.57 Å². The number of aryl methyl sites for hydroxylation is 1. The van der Waals surface area contributed by atoms with E-state index in [9.17, 15) is 0 Å². The summed E-state index contributed by atoms with van der Waals surface area (Å²) in [6.45, 7) is 5.87. The molecule has 0 atom stereocenters. The number of nitrogens with zero attached hydrogens (tertiary/aromatic N) is 1. The number of hydrogen-bond donors (Lipinski definition) is 0. The quantitative estimate of drug-likeness (QED) is 0.711. The third-order valence-electron chi connectivity index (χ3n) is 2.86. The number of oxazole rings is 1. The smallest absolute Gasteiger partial charge is 0.192 e. The number of benzene rings is 1. The van der Waals surface area contributed by atoms with E-state index in [1.165, 1.54) is 0 Å². The first-order chi connectivity index (χ1) is 9.76. The Bertz CT molecular complexity index is 645. The van der Waals surface area contributed by atoms with Crippen LogP contribution in [0.3, 0.4) is 0 Å². The van der Waals surface area contributed by atoms with E-state index in [2.05, 4.69) is 4.98 Å². The summed E-state index contributed by atoms with van der Waals surface area (Å²) in [5.41, 5.74) is 2.96. The van der Waals surface area contributed by atoms with Crippen molar-refractivity contribution in [2.45, 2.75) is 20.8 Å².